The van der Waals surface area contributed by atoms with Crippen molar-refractivity contribution in [2.24, 2.45) is 0 Å². The van der Waals surface area contributed by atoms with E-state index in [0.717, 1.165) is 29.7 Å². The van der Waals surface area contributed by atoms with Gasteiger partial charge in [0.05, 0.1) is 6.54 Å². The first kappa shape index (κ1) is 20.3. The number of carbonyl (C=O) groups is 3. The summed E-state index contributed by atoms with van der Waals surface area (Å²) in [5, 5.41) is 5.70. The number of hydrogen-bond donors (Lipinski definition) is 3. The number of carbonyl (C=O) groups excluding carboxylic acids is 3. The summed E-state index contributed by atoms with van der Waals surface area (Å²) < 4.78 is 12.9. The summed E-state index contributed by atoms with van der Waals surface area (Å²) in [5.41, 5.74) is 0.0695. The Hall–Kier alpha value is -2.48. The van der Waals surface area contributed by atoms with Gasteiger partial charge in [0.15, 0.2) is 13.2 Å². The highest BCUT2D eigenvalue weighted by Crippen LogP contribution is 2.33. The summed E-state index contributed by atoms with van der Waals surface area (Å²) in [5.74, 6) is -0.656. The third-order valence-electron chi connectivity index (χ3n) is 5.65. The van der Waals surface area contributed by atoms with E-state index in [1.165, 1.54) is 17.0 Å². The molecule has 8 heteroatoms. The van der Waals surface area contributed by atoms with Gasteiger partial charge in [-0.25, -0.2) is 14.1 Å². The summed E-state index contributed by atoms with van der Waals surface area (Å²) in [6.45, 7) is 3.16. The fourth-order valence-electron chi connectivity index (χ4n) is 3.92. The van der Waals surface area contributed by atoms with Gasteiger partial charge in [0, 0.05) is 6.54 Å². The summed E-state index contributed by atoms with van der Waals surface area (Å²) in [7, 11) is 0. The van der Waals surface area contributed by atoms with E-state index >= 15 is 0 Å². The maximum absolute atomic E-state index is 12.9. The highest BCUT2D eigenvalue weighted by molar-refractivity contribution is 6.06. The van der Waals surface area contributed by atoms with Gasteiger partial charge in [0.2, 0.25) is 0 Å². The number of benzene rings is 1. The van der Waals surface area contributed by atoms with Crippen LogP contribution >= 0.6 is 0 Å². The zero-order valence-corrected chi connectivity index (χ0v) is 16.2. The number of nitrogens with one attached hydrogen (secondary N) is 3. The first-order valence-electron chi connectivity index (χ1n) is 9.92. The van der Waals surface area contributed by atoms with Gasteiger partial charge in [-0.3, -0.25) is 9.59 Å². The number of hydrogen-bond acceptors (Lipinski definition) is 3. The van der Waals surface area contributed by atoms with Gasteiger partial charge < -0.3 is 15.5 Å². The first-order valence-corrected chi connectivity index (χ1v) is 9.92. The number of amides is 4. The lowest BCUT2D eigenvalue weighted by atomic mass is 9.82. The standard InChI is InChI=1S/C20H27FN4O3/c1-2-24(13-17(26)22-12-15-6-8-16(21)9-7-15)14-25-18(27)20(23-19(25)28)10-4-3-5-11-20/h6-9H,2-5,10-14H2,1H3,(H,22,26)(H,23,28)/p+1. The maximum Gasteiger partial charge on any atom is 0.329 e. The Balaban J connectivity index is 1.53. The molecule has 1 saturated carbocycles. The van der Waals surface area contributed by atoms with Crippen molar-refractivity contribution in [3.63, 3.8) is 0 Å². The Morgan fingerprint density at radius 1 is 1.21 bits per heavy atom. The predicted molar refractivity (Wildman–Crippen MR) is 101 cm³/mol. The highest BCUT2D eigenvalue weighted by Gasteiger charge is 2.52. The van der Waals surface area contributed by atoms with E-state index in [9.17, 15) is 18.8 Å². The molecule has 1 aromatic carbocycles. The van der Waals surface area contributed by atoms with Gasteiger partial charge in [-0.2, -0.15) is 0 Å². The molecule has 152 valence electrons. The Morgan fingerprint density at radius 3 is 2.54 bits per heavy atom. The van der Waals surface area contributed by atoms with Gasteiger partial charge in [0.25, 0.3) is 11.8 Å². The van der Waals surface area contributed by atoms with Crippen molar-refractivity contribution in [1.82, 2.24) is 15.5 Å². The van der Waals surface area contributed by atoms with Crippen LogP contribution in [0.15, 0.2) is 24.3 Å². The van der Waals surface area contributed by atoms with Crippen molar-refractivity contribution in [2.75, 3.05) is 19.8 Å². The average molecular weight is 391 g/mol. The monoisotopic (exact) mass is 391 g/mol. The molecule has 7 nitrogen and oxygen atoms in total. The molecule has 1 aliphatic heterocycles. The molecule has 1 saturated heterocycles. The first-order chi connectivity index (χ1) is 13.4. The summed E-state index contributed by atoms with van der Waals surface area (Å²) in [6.07, 6.45) is 4.35. The molecule has 1 aromatic rings. The quantitative estimate of drug-likeness (QED) is 0.594. The fourth-order valence-corrected chi connectivity index (χ4v) is 3.92. The Morgan fingerprint density at radius 2 is 1.89 bits per heavy atom. The van der Waals surface area contributed by atoms with Crippen molar-refractivity contribution in [3.05, 3.63) is 35.6 Å². The van der Waals surface area contributed by atoms with Gasteiger partial charge >= 0.3 is 6.03 Å². The molecule has 2 fully saturated rings. The van der Waals surface area contributed by atoms with E-state index in [1.807, 2.05) is 6.92 Å². The van der Waals surface area contributed by atoms with Crippen molar-refractivity contribution in [1.29, 1.82) is 0 Å². The van der Waals surface area contributed by atoms with Crippen LogP contribution in [-0.4, -0.2) is 48.0 Å². The molecule has 1 unspecified atom stereocenters. The molecule has 2 aliphatic rings. The summed E-state index contributed by atoms with van der Waals surface area (Å²) in [4.78, 5) is 39.6. The number of imide groups is 1. The van der Waals surface area contributed by atoms with E-state index in [4.69, 9.17) is 0 Å². The Labute approximate surface area is 164 Å². The van der Waals surface area contributed by atoms with Crippen LogP contribution in [0.4, 0.5) is 9.18 Å². The SMILES string of the molecule is CC[NH+](CC(=O)NCc1ccc(F)cc1)CN1C(=O)NC2(CCCCC2)C1=O. The van der Waals surface area contributed by atoms with E-state index in [2.05, 4.69) is 10.6 Å². The largest absolute Gasteiger partial charge is 0.347 e. The molecule has 3 N–H and O–H groups in total. The van der Waals surface area contributed by atoms with Gasteiger partial charge in [0.1, 0.15) is 11.4 Å². The minimum absolute atomic E-state index is 0.155. The van der Waals surface area contributed by atoms with Crippen molar-refractivity contribution in [3.8, 4) is 0 Å². The average Bonchev–Trinajstić information content (AvgIpc) is 2.91. The number of rotatable bonds is 7. The third kappa shape index (κ3) is 4.49. The topological polar surface area (TPSA) is 82.9 Å². The number of nitrogens with zero attached hydrogens (tertiary/aromatic N) is 1. The zero-order valence-electron chi connectivity index (χ0n) is 16.2. The maximum atomic E-state index is 12.9. The third-order valence-corrected chi connectivity index (χ3v) is 5.65. The Kier molecular flexibility index (Phi) is 6.28. The van der Waals surface area contributed by atoms with Crippen LogP contribution in [0.25, 0.3) is 0 Å². The second-order valence-corrected chi connectivity index (χ2v) is 7.65. The number of halogens is 1. The molecule has 1 aliphatic carbocycles. The minimum Gasteiger partial charge on any atom is -0.347 e. The molecule has 1 atom stereocenters. The fraction of sp³-hybridized carbons (Fsp3) is 0.550. The number of quaternary nitrogens is 1. The summed E-state index contributed by atoms with van der Waals surface area (Å²) >= 11 is 0. The molecular weight excluding hydrogens is 363 g/mol. The van der Waals surface area contributed by atoms with Crippen LogP contribution in [0.3, 0.4) is 0 Å². The lowest BCUT2D eigenvalue weighted by Gasteiger charge is -2.30. The van der Waals surface area contributed by atoms with Gasteiger partial charge in [-0.1, -0.05) is 31.4 Å². The predicted octanol–water partition coefficient (Wildman–Crippen LogP) is 0.559. The van der Waals surface area contributed by atoms with E-state index in [1.54, 1.807) is 12.1 Å². The zero-order chi connectivity index (χ0) is 20.1. The smallest absolute Gasteiger partial charge is 0.329 e. The molecule has 0 radical (unpaired) electrons. The number of urea groups is 1. The molecule has 0 bridgehead atoms. The van der Waals surface area contributed by atoms with Crippen LogP contribution < -0.4 is 15.5 Å². The normalized spacial score (nSPS) is 19.6. The second-order valence-electron chi connectivity index (χ2n) is 7.65. The highest BCUT2D eigenvalue weighted by atomic mass is 19.1. The minimum atomic E-state index is -0.737. The molecule has 28 heavy (non-hydrogen) atoms. The van der Waals surface area contributed by atoms with Crippen LogP contribution in [0.2, 0.25) is 0 Å². The van der Waals surface area contributed by atoms with E-state index < -0.39 is 5.54 Å². The van der Waals surface area contributed by atoms with Crippen LogP contribution in [-0.2, 0) is 16.1 Å². The molecule has 4 amide bonds. The second kappa shape index (κ2) is 8.68. The van der Waals surface area contributed by atoms with Crippen LogP contribution in [0.1, 0.15) is 44.6 Å². The molecule has 3 rings (SSSR count). The van der Waals surface area contributed by atoms with Crippen LogP contribution in [0, 0.1) is 5.82 Å². The number of likely N-dealkylation sites (N-methyl/N-ethyl adjacent to an activating group) is 1. The lowest BCUT2D eigenvalue weighted by molar-refractivity contribution is -0.897. The van der Waals surface area contributed by atoms with Crippen molar-refractivity contribution >= 4 is 17.8 Å². The van der Waals surface area contributed by atoms with E-state index in [-0.39, 0.29) is 36.9 Å². The van der Waals surface area contributed by atoms with Gasteiger partial charge in [-0.15, -0.1) is 0 Å². The summed E-state index contributed by atoms with van der Waals surface area (Å²) in [6, 6.07) is 5.59. The van der Waals surface area contributed by atoms with Crippen molar-refractivity contribution < 1.29 is 23.7 Å². The molecular formula is C20H28FN4O3+. The Bertz CT molecular complexity index is 731. The molecule has 1 spiro atoms. The lowest BCUT2D eigenvalue weighted by Crippen LogP contribution is -3.14. The van der Waals surface area contributed by atoms with Gasteiger partial charge in [-0.05, 0) is 37.5 Å². The molecule has 1 heterocycles. The van der Waals surface area contributed by atoms with Crippen LogP contribution in [0.5, 0.6) is 0 Å². The molecule has 0 aromatic heterocycles. The van der Waals surface area contributed by atoms with E-state index in [0.29, 0.717) is 25.9 Å². The van der Waals surface area contributed by atoms with Crippen molar-refractivity contribution in [2.45, 2.75) is 51.1 Å².